The zero-order valence-corrected chi connectivity index (χ0v) is 23.8. The van der Waals surface area contributed by atoms with Crippen LogP contribution in [0.3, 0.4) is 0 Å². The summed E-state index contributed by atoms with van der Waals surface area (Å²) in [4.78, 5) is 15.1. The summed E-state index contributed by atoms with van der Waals surface area (Å²) in [6.45, 7) is 10.5. The van der Waals surface area contributed by atoms with Crippen molar-refractivity contribution in [1.82, 2.24) is 4.98 Å². The van der Waals surface area contributed by atoms with Crippen molar-refractivity contribution in [3.05, 3.63) is 23.0 Å². The van der Waals surface area contributed by atoms with Crippen molar-refractivity contribution >= 4 is 17.6 Å². The van der Waals surface area contributed by atoms with E-state index in [9.17, 15) is 15.0 Å². The normalized spacial score (nSPS) is 41.8. The van der Waals surface area contributed by atoms with E-state index in [1.165, 1.54) is 57.2 Å². The number of carbonyl (C=O) groups is 1. The van der Waals surface area contributed by atoms with E-state index >= 15 is 0 Å². The largest absolute Gasteiger partial charge is 0.492 e. The lowest BCUT2D eigenvalue weighted by molar-refractivity contribution is -0.152. The molecule has 6 heteroatoms. The molecule has 0 saturated heterocycles. The second kappa shape index (κ2) is 10.3. The van der Waals surface area contributed by atoms with Gasteiger partial charge in [0.2, 0.25) is 0 Å². The molecule has 4 saturated carbocycles. The Kier molecular flexibility index (Phi) is 7.61. The van der Waals surface area contributed by atoms with Crippen molar-refractivity contribution in [2.24, 2.45) is 52.3 Å². The molecule has 2 N–H and O–H groups in total. The maximum absolute atomic E-state index is 11.3. The molecule has 10 atom stereocenters. The van der Waals surface area contributed by atoms with Gasteiger partial charge in [-0.3, -0.25) is 0 Å². The number of aliphatic hydroxyl groups is 1. The topological polar surface area (TPSA) is 79.7 Å². The van der Waals surface area contributed by atoms with E-state index in [-0.39, 0.29) is 11.8 Å². The molecule has 0 radical (unpaired) electrons. The summed E-state index contributed by atoms with van der Waals surface area (Å²) in [7, 11) is 0. The number of ether oxygens (including phenoxy) is 1. The molecule has 0 aliphatic heterocycles. The minimum absolute atomic E-state index is 0.0448. The summed E-state index contributed by atoms with van der Waals surface area (Å²) in [5.74, 6) is 4.49. The lowest BCUT2D eigenvalue weighted by Crippen LogP contribution is -2.56. The Morgan fingerprint density at radius 3 is 2.59 bits per heavy atom. The minimum atomic E-state index is -1.08. The molecule has 1 heterocycles. The fraction of sp³-hybridized carbons (Fsp3) is 0.806. The zero-order chi connectivity index (χ0) is 26.5. The van der Waals surface area contributed by atoms with Crippen molar-refractivity contribution in [2.45, 2.75) is 98.0 Å². The van der Waals surface area contributed by atoms with Crippen LogP contribution < -0.4 is 4.74 Å². The molecule has 4 aliphatic carbocycles. The van der Waals surface area contributed by atoms with E-state index in [1.807, 2.05) is 0 Å². The van der Waals surface area contributed by atoms with Crippen LogP contribution in [-0.4, -0.2) is 33.9 Å². The highest BCUT2D eigenvalue weighted by atomic mass is 35.5. The first-order valence-corrected chi connectivity index (χ1v) is 15.2. The smallest absolute Gasteiger partial charge is 0.354 e. The van der Waals surface area contributed by atoms with Crippen LogP contribution in [0, 0.1) is 52.3 Å². The van der Waals surface area contributed by atoms with E-state index in [0.717, 1.165) is 42.9 Å². The number of rotatable bonds is 7. The third-order valence-corrected chi connectivity index (χ3v) is 12.3. The molecule has 1 aromatic heterocycles. The second-order valence-electron chi connectivity index (χ2n) is 13.5. The first kappa shape index (κ1) is 27.2. The highest BCUT2D eigenvalue weighted by molar-refractivity contribution is 6.32. The molecule has 4 aliphatic rings. The number of aliphatic hydroxyl groups excluding tert-OH is 1. The van der Waals surface area contributed by atoms with Gasteiger partial charge in [0.25, 0.3) is 0 Å². The average Bonchev–Trinajstić information content (AvgIpc) is 3.22. The Morgan fingerprint density at radius 1 is 1.14 bits per heavy atom. The van der Waals surface area contributed by atoms with Crippen LogP contribution in [0.25, 0.3) is 0 Å². The minimum Gasteiger partial charge on any atom is -0.492 e. The predicted octanol–water partition coefficient (Wildman–Crippen LogP) is 7.49. The fourth-order valence-corrected chi connectivity index (χ4v) is 10.3. The maximum atomic E-state index is 11.3. The summed E-state index contributed by atoms with van der Waals surface area (Å²) in [5, 5.41) is 20.1. The summed E-state index contributed by atoms with van der Waals surface area (Å²) in [6, 6.07) is 1.43. The van der Waals surface area contributed by atoms with Gasteiger partial charge in [-0.25, -0.2) is 9.78 Å². The molecule has 5 nitrogen and oxygen atoms in total. The molecule has 206 valence electrons. The highest BCUT2D eigenvalue weighted by Crippen LogP contribution is 2.69. The van der Waals surface area contributed by atoms with Gasteiger partial charge in [0.1, 0.15) is 10.8 Å². The molecule has 0 bridgehead atoms. The van der Waals surface area contributed by atoms with Gasteiger partial charge in [0.15, 0.2) is 5.69 Å². The Bertz CT molecular complexity index is 1000. The quantitative estimate of drug-likeness (QED) is 0.381. The molecular weight excluding hydrogens is 486 g/mol. The first-order valence-electron chi connectivity index (χ1n) is 14.8. The Morgan fingerprint density at radius 2 is 1.86 bits per heavy atom. The molecule has 37 heavy (non-hydrogen) atoms. The highest BCUT2D eigenvalue weighted by Gasteiger charge is 2.62. The first-order chi connectivity index (χ1) is 17.6. The monoisotopic (exact) mass is 531 g/mol. The van der Waals surface area contributed by atoms with E-state index < -0.39 is 5.97 Å². The Hall–Kier alpha value is -1.33. The molecule has 5 rings (SSSR count). The summed E-state index contributed by atoms with van der Waals surface area (Å²) in [6.07, 6.45) is 13.4. The Balaban J connectivity index is 1.26. The third kappa shape index (κ3) is 4.71. The van der Waals surface area contributed by atoms with Crippen molar-refractivity contribution < 1.29 is 19.7 Å². The van der Waals surface area contributed by atoms with Crippen molar-refractivity contribution in [3.63, 3.8) is 0 Å². The second-order valence-corrected chi connectivity index (χ2v) is 13.9. The number of hydrogen-bond acceptors (Lipinski definition) is 4. The number of aromatic nitrogens is 1. The molecule has 1 aromatic rings. The van der Waals surface area contributed by atoms with Crippen LogP contribution in [-0.2, 0) is 0 Å². The van der Waals surface area contributed by atoms with Gasteiger partial charge in [-0.05, 0) is 110 Å². The van der Waals surface area contributed by atoms with Gasteiger partial charge in [0.05, 0.1) is 18.9 Å². The van der Waals surface area contributed by atoms with E-state index in [2.05, 4.69) is 32.7 Å². The number of carboxylic acids is 1. The predicted molar refractivity (Wildman–Crippen MR) is 146 cm³/mol. The number of nitrogens with zero attached hydrogens (tertiary/aromatic N) is 1. The van der Waals surface area contributed by atoms with Gasteiger partial charge < -0.3 is 14.9 Å². The molecule has 0 spiro atoms. The van der Waals surface area contributed by atoms with Crippen LogP contribution in [0.15, 0.2) is 12.3 Å². The van der Waals surface area contributed by atoms with Crippen LogP contribution in [0.5, 0.6) is 5.75 Å². The fourth-order valence-electron chi connectivity index (χ4n) is 10.1. The summed E-state index contributed by atoms with van der Waals surface area (Å²) in [5.41, 5.74) is 0.748. The number of aromatic carboxylic acids is 1. The molecular formula is C31H46ClNO4. The average molecular weight is 532 g/mol. The SMILES string of the molecule is CC[C@H]1C[C@@H]2[C@H](CC[C@]3(C)[C@@H]([C@H](C)CCOc4cc(C(=O)O)ncc4Cl)CC[C@@H]23)[C@@]2(C)CC[C@@H](O)C[C@@H]12. The van der Waals surface area contributed by atoms with Gasteiger partial charge >= 0.3 is 5.97 Å². The standard InChI is InChI=1S/C31H46ClNO4/c1-5-19-14-21-23-7-6-22(18(2)10-13-37-28-16-27(29(35)36)33-17-26(28)32)30(23,3)12-9-24(21)31(4)11-8-20(34)15-25(19)31/h16-25,34H,5-15H2,1-4H3,(H,35,36)/t18-,19+,20-,21+,22-,23+,24+,25+,30-,31-/m1/s1. The zero-order valence-electron chi connectivity index (χ0n) is 23.1. The van der Waals surface area contributed by atoms with Gasteiger partial charge in [-0.2, -0.15) is 0 Å². The van der Waals surface area contributed by atoms with E-state index in [4.69, 9.17) is 16.3 Å². The van der Waals surface area contributed by atoms with Crippen molar-refractivity contribution in [3.8, 4) is 5.75 Å². The third-order valence-electron chi connectivity index (χ3n) is 12.0. The summed E-state index contributed by atoms with van der Waals surface area (Å²) >= 11 is 6.22. The summed E-state index contributed by atoms with van der Waals surface area (Å²) < 4.78 is 5.97. The molecule has 4 fully saturated rings. The number of fused-ring (bicyclic) bond motifs is 5. The van der Waals surface area contributed by atoms with Crippen LogP contribution in [0.2, 0.25) is 5.02 Å². The maximum Gasteiger partial charge on any atom is 0.354 e. The molecule has 0 amide bonds. The van der Waals surface area contributed by atoms with Crippen LogP contribution in [0.1, 0.15) is 102 Å². The number of hydrogen-bond donors (Lipinski definition) is 2. The lowest BCUT2D eigenvalue weighted by Gasteiger charge is -2.63. The number of carboxylic acid groups (broad SMARTS) is 1. The van der Waals surface area contributed by atoms with Crippen LogP contribution in [0.4, 0.5) is 0 Å². The Labute approximate surface area is 227 Å². The van der Waals surface area contributed by atoms with Crippen molar-refractivity contribution in [1.29, 1.82) is 0 Å². The lowest BCUT2D eigenvalue weighted by atomic mass is 9.42. The van der Waals surface area contributed by atoms with Gasteiger partial charge in [0, 0.05) is 6.07 Å². The number of halogens is 1. The number of pyridine rings is 1. The van der Waals surface area contributed by atoms with E-state index in [0.29, 0.717) is 46.0 Å². The van der Waals surface area contributed by atoms with Gasteiger partial charge in [-0.1, -0.05) is 45.7 Å². The van der Waals surface area contributed by atoms with Crippen LogP contribution >= 0.6 is 11.6 Å². The molecule has 0 aromatic carbocycles. The van der Waals surface area contributed by atoms with E-state index in [1.54, 1.807) is 0 Å². The van der Waals surface area contributed by atoms with Crippen molar-refractivity contribution in [2.75, 3.05) is 6.61 Å². The van der Waals surface area contributed by atoms with Gasteiger partial charge in [-0.15, -0.1) is 0 Å². The molecule has 0 unspecified atom stereocenters.